The second kappa shape index (κ2) is 15.3. The van der Waals surface area contributed by atoms with Crippen molar-refractivity contribution < 1.29 is 37.2 Å². The van der Waals surface area contributed by atoms with Gasteiger partial charge in [-0.1, -0.05) is 11.1 Å². The van der Waals surface area contributed by atoms with Gasteiger partial charge in [-0.3, -0.25) is 14.6 Å². The van der Waals surface area contributed by atoms with Crippen molar-refractivity contribution in [1.82, 2.24) is 19.9 Å². The van der Waals surface area contributed by atoms with Gasteiger partial charge in [-0.2, -0.15) is 4.98 Å². The number of fused-ring (bicyclic) bond motifs is 1. The molecule has 1 saturated heterocycles. The molecule has 53 heavy (non-hydrogen) atoms. The number of methoxy groups -OCH3 is 2. The van der Waals surface area contributed by atoms with Crippen molar-refractivity contribution in [1.29, 1.82) is 0 Å². The number of likely N-dealkylation sites (N-methyl/N-ethyl adjacent to an activating group) is 1. The number of amides is 3. The fourth-order valence-corrected chi connectivity index (χ4v) is 6.61. The van der Waals surface area contributed by atoms with Crippen molar-refractivity contribution in [2.75, 3.05) is 69.6 Å². The fourth-order valence-electron chi connectivity index (χ4n) is 6.61. The first kappa shape index (κ1) is 36.7. The van der Waals surface area contributed by atoms with Crippen molar-refractivity contribution in [3.63, 3.8) is 0 Å². The number of pyridine rings is 1. The highest BCUT2D eigenvalue weighted by Crippen LogP contribution is 2.41. The lowest BCUT2D eigenvalue weighted by Crippen LogP contribution is -2.56. The van der Waals surface area contributed by atoms with Crippen LogP contribution < -0.4 is 24.6 Å². The molecule has 0 bridgehead atoms. The number of carbonyl (C=O) groups is 2. The maximum Gasteiger partial charge on any atom is 0.368 e. The van der Waals surface area contributed by atoms with Crippen LogP contribution in [0.4, 0.5) is 36.8 Å². The molecule has 16 nitrogen and oxygen atoms in total. The predicted molar refractivity (Wildman–Crippen MR) is 191 cm³/mol. The Morgan fingerprint density at radius 2 is 1.85 bits per heavy atom. The molecule has 3 amide bonds. The summed E-state index contributed by atoms with van der Waals surface area (Å²) in [5.74, 6) is -2.18. The third-order valence-corrected chi connectivity index (χ3v) is 9.22. The summed E-state index contributed by atoms with van der Waals surface area (Å²) in [4.78, 5) is 59.7. The maximum atomic E-state index is 15.8. The van der Waals surface area contributed by atoms with E-state index in [1.165, 1.54) is 37.6 Å². The Bertz CT molecular complexity index is 1970. The third kappa shape index (κ3) is 7.76. The summed E-state index contributed by atoms with van der Waals surface area (Å²) in [7, 11) is 6.29. The Balaban J connectivity index is 1.22. The van der Waals surface area contributed by atoms with E-state index in [1.807, 2.05) is 14.1 Å². The average Bonchev–Trinajstić information content (AvgIpc) is 3.60. The standard InChI is InChI=1S/C35H39F2N10O6/c1-47(2,21-22-10-14-39-32(22)46(50)51)17-7-9-28(48)43-15-11-24(12-16-43)45-33-23(19-40-34(42-33)41-27-8-5-6-13-38-27)20-44(35(45)49)31-29(36)25(52-3)18-26(53-4)30(31)37/h5-9,13-14,18-19,24H,10-12,15-17,20-21H2,1-4H3,(H,38,40,41,42)/q+1/b9-7+. The summed E-state index contributed by atoms with van der Waals surface area (Å²) in [6.45, 7) is 1.19. The van der Waals surface area contributed by atoms with E-state index in [9.17, 15) is 19.7 Å². The molecule has 2 aromatic heterocycles. The van der Waals surface area contributed by atoms with Crippen LogP contribution in [0.2, 0.25) is 0 Å². The number of aliphatic imine (C=N–C) groups is 1. The molecule has 0 aliphatic carbocycles. The number of aromatic nitrogens is 3. The van der Waals surface area contributed by atoms with Crippen molar-refractivity contribution >= 4 is 41.4 Å². The van der Waals surface area contributed by atoms with Gasteiger partial charge in [0.05, 0.1) is 47.0 Å². The number of nitro groups is 1. The number of likely N-dealkylation sites (tertiary alicyclic amines) is 1. The number of carbonyl (C=O) groups excluding carboxylic acids is 2. The van der Waals surface area contributed by atoms with Crippen LogP contribution in [0.5, 0.6) is 11.5 Å². The smallest absolute Gasteiger partial charge is 0.368 e. The largest absolute Gasteiger partial charge is 0.493 e. The van der Waals surface area contributed by atoms with Crippen LogP contribution in [0.1, 0.15) is 24.8 Å². The molecule has 1 N–H and O–H groups in total. The minimum absolute atomic E-state index is 0.122. The highest BCUT2D eigenvalue weighted by molar-refractivity contribution is 6.06. The predicted octanol–water partition coefficient (Wildman–Crippen LogP) is 4.44. The first-order valence-corrected chi connectivity index (χ1v) is 16.8. The lowest BCUT2D eigenvalue weighted by atomic mass is 10.0. The van der Waals surface area contributed by atoms with E-state index in [0.717, 1.165) is 11.0 Å². The summed E-state index contributed by atoms with van der Waals surface area (Å²) in [5.41, 5.74) is 0.433. The van der Waals surface area contributed by atoms with Gasteiger partial charge in [0.1, 0.15) is 30.1 Å². The Morgan fingerprint density at radius 1 is 1.13 bits per heavy atom. The van der Waals surface area contributed by atoms with Gasteiger partial charge >= 0.3 is 11.9 Å². The topological polar surface area (TPSA) is 169 Å². The van der Waals surface area contributed by atoms with E-state index in [-0.39, 0.29) is 41.5 Å². The van der Waals surface area contributed by atoms with Crippen LogP contribution in [0.15, 0.2) is 65.2 Å². The Kier molecular flexibility index (Phi) is 10.6. The van der Waals surface area contributed by atoms with Crippen molar-refractivity contribution in [3.05, 3.63) is 87.5 Å². The highest BCUT2D eigenvalue weighted by atomic mass is 19.1. The van der Waals surface area contributed by atoms with Crippen LogP contribution in [-0.2, 0) is 11.3 Å². The molecule has 0 unspecified atom stereocenters. The number of quaternary nitrogens is 1. The number of hydrogen-bond acceptors (Lipinski definition) is 11. The molecular weight excluding hydrogens is 694 g/mol. The molecule has 6 rings (SSSR count). The lowest BCUT2D eigenvalue weighted by Gasteiger charge is -2.43. The molecule has 0 spiro atoms. The fraction of sp³-hybridized carbons (Fsp3) is 0.371. The number of halogens is 2. The second-order valence-corrected chi connectivity index (χ2v) is 13.3. The highest BCUT2D eigenvalue weighted by Gasteiger charge is 2.42. The van der Waals surface area contributed by atoms with Gasteiger partial charge in [-0.15, -0.1) is 0 Å². The first-order valence-electron chi connectivity index (χ1n) is 16.8. The molecule has 3 aliphatic rings. The number of rotatable bonds is 12. The minimum Gasteiger partial charge on any atom is -0.493 e. The molecule has 0 saturated carbocycles. The summed E-state index contributed by atoms with van der Waals surface area (Å²) in [5, 5.41) is 14.3. The van der Waals surface area contributed by atoms with E-state index in [0.29, 0.717) is 66.9 Å². The molecule has 3 aliphatic heterocycles. The zero-order valence-corrected chi connectivity index (χ0v) is 29.7. The van der Waals surface area contributed by atoms with Gasteiger partial charge in [0.2, 0.25) is 11.9 Å². The number of ether oxygens (including phenoxy) is 2. The number of anilines is 4. The zero-order valence-electron chi connectivity index (χ0n) is 29.7. The quantitative estimate of drug-likeness (QED) is 0.122. The Hall–Kier alpha value is -6.04. The lowest BCUT2D eigenvalue weighted by molar-refractivity contribution is -0.880. The SMILES string of the molecule is COc1cc(OC)c(F)c(N2Cc3cnc(Nc4ccccn4)nc3N(C3CCN(C(=O)/C=C/C[N+](C)(C)CC4=C([N+](=O)[O-])N=CC4)CC3)C2=O)c1F. The van der Waals surface area contributed by atoms with Crippen LogP contribution >= 0.6 is 0 Å². The normalized spacial score (nSPS) is 16.4. The molecule has 3 aromatic rings. The Morgan fingerprint density at radius 3 is 2.49 bits per heavy atom. The van der Waals surface area contributed by atoms with Gasteiger partial charge in [0, 0.05) is 55.7 Å². The van der Waals surface area contributed by atoms with Crippen molar-refractivity contribution in [2.24, 2.45) is 4.99 Å². The number of nitrogens with zero attached hydrogens (tertiary/aromatic N) is 9. The zero-order chi connectivity index (χ0) is 37.9. The number of hydrogen-bond donors (Lipinski definition) is 1. The van der Waals surface area contributed by atoms with Gasteiger partial charge in [-0.05, 0) is 36.0 Å². The molecular formula is C35H39F2N10O6+. The van der Waals surface area contributed by atoms with Crippen LogP contribution in [0.3, 0.4) is 0 Å². The van der Waals surface area contributed by atoms with Gasteiger partial charge in [-0.25, -0.2) is 23.5 Å². The molecule has 18 heteroatoms. The van der Waals surface area contributed by atoms with Gasteiger partial charge in [0.25, 0.3) is 0 Å². The van der Waals surface area contributed by atoms with E-state index in [1.54, 1.807) is 35.4 Å². The molecule has 1 fully saturated rings. The summed E-state index contributed by atoms with van der Waals surface area (Å²) >= 11 is 0. The Labute approximate surface area is 303 Å². The molecule has 5 heterocycles. The monoisotopic (exact) mass is 733 g/mol. The molecule has 1 aromatic carbocycles. The van der Waals surface area contributed by atoms with Gasteiger partial charge < -0.3 is 34.3 Å². The summed E-state index contributed by atoms with van der Waals surface area (Å²) in [6.07, 6.45) is 8.96. The number of benzene rings is 1. The average molecular weight is 734 g/mol. The van der Waals surface area contributed by atoms with E-state index in [2.05, 4.69) is 25.3 Å². The van der Waals surface area contributed by atoms with Crippen molar-refractivity contribution in [2.45, 2.75) is 31.8 Å². The number of nitrogens with one attached hydrogen (secondary N) is 1. The van der Waals surface area contributed by atoms with Crippen LogP contribution in [-0.4, -0.2) is 108 Å². The third-order valence-electron chi connectivity index (χ3n) is 9.22. The minimum atomic E-state index is -1.07. The van der Waals surface area contributed by atoms with E-state index in [4.69, 9.17) is 9.47 Å². The second-order valence-electron chi connectivity index (χ2n) is 13.3. The van der Waals surface area contributed by atoms with Crippen molar-refractivity contribution in [3.8, 4) is 11.5 Å². The van der Waals surface area contributed by atoms with E-state index < -0.39 is 34.3 Å². The summed E-state index contributed by atoms with van der Waals surface area (Å²) in [6, 6.07) is 5.12. The van der Waals surface area contributed by atoms with E-state index >= 15 is 8.78 Å². The van der Waals surface area contributed by atoms with Gasteiger partial charge in [0.15, 0.2) is 23.1 Å². The first-order chi connectivity index (χ1) is 25.4. The number of piperidine rings is 1. The molecule has 0 radical (unpaired) electrons. The molecule has 0 atom stereocenters. The number of urea groups is 1. The van der Waals surface area contributed by atoms with Crippen LogP contribution in [0, 0.1) is 21.7 Å². The molecule has 278 valence electrons. The summed E-state index contributed by atoms with van der Waals surface area (Å²) < 4.78 is 42.2. The maximum absolute atomic E-state index is 15.8. The van der Waals surface area contributed by atoms with Crippen LogP contribution in [0.25, 0.3) is 0 Å².